The van der Waals surface area contributed by atoms with Crippen LogP contribution in [0.2, 0.25) is 0 Å². The summed E-state index contributed by atoms with van der Waals surface area (Å²) in [4.78, 5) is 12.7. The number of carbonyl (C=O) groups is 1. The highest BCUT2D eigenvalue weighted by atomic mass is 16.5. The van der Waals surface area contributed by atoms with E-state index in [4.69, 9.17) is 4.74 Å². The van der Waals surface area contributed by atoms with Gasteiger partial charge in [-0.15, -0.1) is 0 Å². The predicted molar refractivity (Wildman–Crippen MR) is 99.4 cm³/mol. The monoisotopic (exact) mass is 348 g/mol. The molecule has 2 amide bonds. The minimum absolute atomic E-state index is 0.0557. The Morgan fingerprint density at radius 1 is 1.08 bits per heavy atom. The smallest absolute Gasteiger partial charge is 0.315 e. The van der Waals surface area contributed by atoms with Crippen molar-refractivity contribution in [1.29, 1.82) is 0 Å². The van der Waals surface area contributed by atoms with Crippen molar-refractivity contribution in [1.82, 2.24) is 10.6 Å². The minimum atomic E-state index is 0.0557. The molecule has 4 nitrogen and oxygen atoms in total. The normalized spacial score (nSPS) is 43.1. The van der Waals surface area contributed by atoms with Gasteiger partial charge in [-0.2, -0.15) is 0 Å². The molecule has 5 aliphatic rings. The first-order valence-electron chi connectivity index (χ1n) is 10.5. The van der Waals surface area contributed by atoms with E-state index in [0.717, 1.165) is 43.7 Å². The Kier molecular flexibility index (Phi) is 4.54. The van der Waals surface area contributed by atoms with Crippen molar-refractivity contribution in [2.24, 2.45) is 29.1 Å². The number of ether oxygens (including phenoxy) is 1. The Morgan fingerprint density at radius 3 is 2.24 bits per heavy atom. The first kappa shape index (κ1) is 17.6. The maximum Gasteiger partial charge on any atom is 0.315 e. The van der Waals surface area contributed by atoms with E-state index in [1.54, 1.807) is 0 Å². The molecule has 1 aliphatic heterocycles. The van der Waals surface area contributed by atoms with Crippen LogP contribution >= 0.6 is 0 Å². The Balaban J connectivity index is 1.32. The summed E-state index contributed by atoms with van der Waals surface area (Å²) in [5.41, 5.74) is 0.231. The molecule has 25 heavy (non-hydrogen) atoms. The summed E-state index contributed by atoms with van der Waals surface area (Å²) in [6, 6.07) is 0.0557. The van der Waals surface area contributed by atoms with Crippen LogP contribution in [-0.4, -0.2) is 30.8 Å². The lowest BCUT2D eigenvalue weighted by molar-refractivity contribution is -0.0839. The summed E-state index contributed by atoms with van der Waals surface area (Å²) in [6.07, 6.45) is 10.4. The highest BCUT2D eigenvalue weighted by Crippen LogP contribution is 2.55. The first-order chi connectivity index (χ1) is 11.8. The second-order valence-corrected chi connectivity index (χ2v) is 10.6. The van der Waals surface area contributed by atoms with E-state index in [0.29, 0.717) is 5.92 Å². The SMILES string of the molecule is CC(C)(C)C1OCCCC1CNC(=O)NC12CC3CC(CC(C3)C1)C2. The van der Waals surface area contributed by atoms with Gasteiger partial charge in [0.05, 0.1) is 6.10 Å². The molecule has 1 heterocycles. The zero-order valence-electron chi connectivity index (χ0n) is 16.3. The Hall–Kier alpha value is -0.770. The van der Waals surface area contributed by atoms with Crippen molar-refractivity contribution >= 4 is 6.03 Å². The number of urea groups is 1. The zero-order valence-corrected chi connectivity index (χ0v) is 16.3. The number of carbonyl (C=O) groups excluding carboxylic acids is 1. The van der Waals surface area contributed by atoms with Gasteiger partial charge in [0.15, 0.2) is 0 Å². The van der Waals surface area contributed by atoms with E-state index in [9.17, 15) is 4.79 Å². The van der Waals surface area contributed by atoms with Gasteiger partial charge >= 0.3 is 6.03 Å². The standard InChI is InChI=1S/C21H36N2O2/c1-20(2,3)18-17(5-4-6-25-18)13-22-19(24)23-21-10-14-7-15(11-21)9-16(8-14)12-21/h14-18H,4-13H2,1-3H3,(H2,22,23,24). The van der Waals surface area contributed by atoms with Crippen LogP contribution in [0, 0.1) is 29.1 Å². The fraction of sp³-hybridized carbons (Fsp3) is 0.952. The van der Waals surface area contributed by atoms with Gasteiger partial charge in [0.25, 0.3) is 0 Å². The third-order valence-corrected chi connectivity index (χ3v) is 7.24. The largest absolute Gasteiger partial charge is 0.377 e. The molecule has 2 N–H and O–H groups in total. The molecular formula is C21H36N2O2. The zero-order chi connectivity index (χ0) is 17.7. The van der Waals surface area contributed by atoms with Crippen LogP contribution in [0.3, 0.4) is 0 Å². The van der Waals surface area contributed by atoms with E-state index in [1.165, 1.54) is 38.5 Å². The molecule has 0 aromatic rings. The van der Waals surface area contributed by atoms with Gasteiger partial charge in [0.2, 0.25) is 0 Å². The molecule has 0 aromatic carbocycles. The highest BCUT2D eigenvalue weighted by Gasteiger charge is 2.51. The molecule has 5 fully saturated rings. The predicted octanol–water partition coefficient (Wildman–Crippen LogP) is 4.10. The summed E-state index contributed by atoms with van der Waals surface area (Å²) < 4.78 is 6.05. The van der Waals surface area contributed by atoms with E-state index in [1.807, 2.05) is 0 Å². The summed E-state index contributed by atoms with van der Waals surface area (Å²) in [5, 5.41) is 6.63. The minimum Gasteiger partial charge on any atom is -0.377 e. The maximum absolute atomic E-state index is 12.7. The van der Waals surface area contributed by atoms with Crippen LogP contribution in [0.4, 0.5) is 4.79 Å². The van der Waals surface area contributed by atoms with Crippen molar-refractivity contribution in [3.05, 3.63) is 0 Å². The molecule has 4 aliphatic carbocycles. The van der Waals surface area contributed by atoms with Crippen LogP contribution in [0.15, 0.2) is 0 Å². The molecule has 4 bridgehead atoms. The van der Waals surface area contributed by atoms with Crippen LogP contribution in [0.25, 0.3) is 0 Å². The fourth-order valence-corrected chi connectivity index (χ4v) is 6.78. The summed E-state index contributed by atoms with van der Waals surface area (Å²) in [5.74, 6) is 3.02. The molecule has 2 atom stereocenters. The summed E-state index contributed by atoms with van der Waals surface area (Å²) >= 11 is 0. The van der Waals surface area contributed by atoms with Gasteiger partial charge in [0.1, 0.15) is 0 Å². The molecular weight excluding hydrogens is 312 g/mol. The summed E-state index contributed by atoms with van der Waals surface area (Å²) in [7, 11) is 0. The molecule has 5 rings (SSSR count). The molecule has 2 unspecified atom stereocenters. The molecule has 0 radical (unpaired) electrons. The average Bonchev–Trinajstić information content (AvgIpc) is 2.50. The van der Waals surface area contributed by atoms with E-state index in [2.05, 4.69) is 31.4 Å². The van der Waals surface area contributed by atoms with Crippen molar-refractivity contribution in [3.8, 4) is 0 Å². The number of hydrogen-bond donors (Lipinski definition) is 2. The molecule has 4 heteroatoms. The third kappa shape index (κ3) is 3.70. The van der Waals surface area contributed by atoms with Crippen LogP contribution < -0.4 is 10.6 Å². The molecule has 0 spiro atoms. The second-order valence-electron chi connectivity index (χ2n) is 10.6. The second kappa shape index (κ2) is 6.44. The number of nitrogens with one attached hydrogen (secondary N) is 2. The molecule has 0 aromatic heterocycles. The van der Waals surface area contributed by atoms with Crippen LogP contribution in [0.5, 0.6) is 0 Å². The van der Waals surface area contributed by atoms with E-state index < -0.39 is 0 Å². The van der Waals surface area contributed by atoms with Gasteiger partial charge in [0, 0.05) is 24.6 Å². The van der Waals surface area contributed by atoms with Gasteiger partial charge in [-0.3, -0.25) is 0 Å². The lowest BCUT2D eigenvalue weighted by Crippen LogP contribution is -2.61. The van der Waals surface area contributed by atoms with Crippen molar-refractivity contribution in [2.45, 2.75) is 83.8 Å². The van der Waals surface area contributed by atoms with Crippen molar-refractivity contribution in [2.75, 3.05) is 13.2 Å². The van der Waals surface area contributed by atoms with Crippen LogP contribution in [0.1, 0.15) is 72.1 Å². The van der Waals surface area contributed by atoms with Crippen molar-refractivity contribution in [3.63, 3.8) is 0 Å². The fourth-order valence-electron chi connectivity index (χ4n) is 6.78. The number of rotatable bonds is 3. The van der Waals surface area contributed by atoms with Gasteiger partial charge < -0.3 is 15.4 Å². The number of hydrogen-bond acceptors (Lipinski definition) is 2. The first-order valence-corrected chi connectivity index (χ1v) is 10.5. The van der Waals surface area contributed by atoms with Gasteiger partial charge in [-0.25, -0.2) is 4.79 Å². The molecule has 142 valence electrons. The lowest BCUT2D eigenvalue weighted by Gasteiger charge is -2.56. The lowest BCUT2D eigenvalue weighted by atomic mass is 9.53. The quantitative estimate of drug-likeness (QED) is 0.807. The maximum atomic E-state index is 12.7. The third-order valence-electron chi connectivity index (χ3n) is 7.24. The molecule has 4 saturated carbocycles. The Morgan fingerprint density at radius 2 is 1.68 bits per heavy atom. The topological polar surface area (TPSA) is 50.4 Å². The average molecular weight is 349 g/mol. The Bertz CT molecular complexity index is 475. The van der Waals surface area contributed by atoms with E-state index in [-0.39, 0.29) is 23.1 Å². The van der Waals surface area contributed by atoms with Crippen molar-refractivity contribution < 1.29 is 9.53 Å². The van der Waals surface area contributed by atoms with Crippen LogP contribution in [-0.2, 0) is 4.74 Å². The summed E-state index contributed by atoms with van der Waals surface area (Å²) in [6.45, 7) is 8.32. The highest BCUT2D eigenvalue weighted by molar-refractivity contribution is 5.74. The van der Waals surface area contributed by atoms with E-state index >= 15 is 0 Å². The van der Waals surface area contributed by atoms with Gasteiger partial charge in [-0.1, -0.05) is 20.8 Å². The number of amides is 2. The molecule has 1 saturated heterocycles. The Labute approximate surface area is 152 Å². The van der Waals surface area contributed by atoms with Gasteiger partial charge in [-0.05, 0) is 74.5 Å².